The molecule has 0 fully saturated rings. The van der Waals surface area contributed by atoms with Crippen LogP contribution >= 0.6 is 0 Å². The highest BCUT2D eigenvalue weighted by atomic mass is 16.4. The summed E-state index contributed by atoms with van der Waals surface area (Å²) >= 11 is 0. The summed E-state index contributed by atoms with van der Waals surface area (Å²) in [6, 6.07) is 9.10. The zero-order valence-electron chi connectivity index (χ0n) is 7.34. The van der Waals surface area contributed by atoms with Crippen molar-refractivity contribution < 1.29 is 15.0 Å². The van der Waals surface area contributed by atoms with Crippen LogP contribution in [-0.2, 0) is 4.79 Å². The van der Waals surface area contributed by atoms with Crippen LogP contribution in [0.25, 0.3) is 0 Å². The highest BCUT2D eigenvalue weighted by Gasteiger charge is 2.22. The normalized spacial score (nSPS) is 14.9. The fourth-order valence-corrected chi connectivity index (χ4v) is 1.15. The average Bonchev–Trinajstić information content (AvgIpc) is 2.17. The molecule has 1 rings (SSSR count). The third-order valence-corrected chi connectivity index (χ3v) is 2.05. The molecular formula is C10H12O3. The molecule has 0 heterocycles. The van der Waals surface area contributed by atoms with E-state index in [0.717, 1.165) is 5.56 Å². The largest absolute Gasteiger partial charge is 0.479 e. The Labute approximate surface area is 76.6 Å². The van der Waals surface area contributed by atoms with Gasteiger partial charge in [0.1, 0.15) is 0 Å². The van der Waals surface area contributed by atoms with E-state index in [-0.39, 0.29) is 5.92 Å². The van der Waals surface area contributed by atoms with Crippen LogP contribution in [0.1, 0.15) is 18.4 Å². The summed E-state index contributed by atoms with van der Waals surface area (Å²) in [5.41, 5.74) is 0.831. The van der Waals surface area contributed by atoms with Crippen LogP contribution in [0, 0.1) is 0 Å². The van der Waals surface area contributed by atoms with Gasteiger partial charge < -0.3 is 10.2 Å². The zero-order chi connectivity index (χ0) is 9.84. The topological polar surface area (TPSA) is 57.5 Å². The average molecular weight is 180 g/mol. The van der Waals surface area contributed by atoms with Crippen molar-refractivity contribution in [1.82, 2.24) is 0 Å². The second-order valence-electron chi connectivity index (χ2n) is 2.98. The van der Waals surface area contributed by atoms with E-state index in [4.69, 9.17) is 5.11 Å². The molecule has 0 saturated heterocycles. The number of hydrogen-bond acceptors (Lipinski definition) is 2. The van der Waals surface area contributed by atoms with Gasteiger partial charge in [-0.2, -0.15) is 0 Å². The number of aliphatic hydroxyl groups excluding tert-OH is 1. The first-order valence-electron chi connectivity index (χ1n) is 4.08. The van der Waals surface area contributed by atoms with Crippen molar-refractivity contribution in [2.24, 2.45) is 0 Å². The van der Waals surface area contributed by atoms with Gasteiger partial charge in [0.25, 0.3) is 0 Å². The lowest BCUT2D eigenvalue weighted by molar-refractivity contribution is -0.147. The van der Waals surface area contributed by atoms with Crippen LogP contribution in [0.4, 0.5) is 0 Å². The minimum absolute atomic E-state index is 0.376. The highest BCUT2D eigenvalue weighted by molar-refractivity contribution is 5.73. The summed E-state index contributed by atoms with van der Waals surface area (Å²) in [5, 5.41) is 17.8. The Hall–Kier alpha value is -1.35. The van der Waals surface area contributed by atoms with E-state index in [1.165, 1.54) is 0 Å². The minimum atomic E-state index is -1.33. The Morgan fingerprint density at radius 3 is 2.31 bits per heavy atom. The first kappa shape index (κ1) is 9.74. The van der Waals surface area contributed by atoms with Crippen molar-refractivity contribution >= 4 is 5.97 Å². The number of aliphatic hydroxyl groups is 1. The van der Waals surface area contributed by atoms with E-state index in [1.807, 2.05) is 18.2 Å². The molecule has 0 bridgehead atoms. The molecule has 0 spiro atoms. The fraction of sp³-hybridized carbons (Fsp3) is 0.300. The SMILES string of the molecule is C[C@@H](c1ccccc1)[C@H](O)C(=O)O. The third kappa shape index (κ3) is 2.29. The third-order valence-electron chi connectivity index (χ3n) is 2.05. The molecule has 0 aliphatic carbocycles. The first-order chi connectivity index (χ1) is 6.13. The number of hydrogen-bond donors (Lipinski definition) is 2. The zero-order valence-corrected chi connectivity index (χ0v) is 7.34. The molecule has 3 nitrogen and oxygen atoms in total. The van der Waals surface area contributed by atoms with Gasteiger partial charge in [-0.15, -0.1) is 0 Å². The van der Waals surface area contributed by atoms with Gasteiger partial charge in [-0.05, 0) is 5.56 Å². The molecule has 2 N–H and O–H groups in total. The summed E-state index contributed by atoms with van der Waals surface area (Å²) in [4.78, 5) is 10.5. The van der Waals surface area contributed by atoms with E-state index in [2.05, 4.69) is 0 Å². The van der Waals surface area contributed by atoms with Crippen LogP contribution in [0.3, 0.4) is 0 Å². The summed E-state index contributed by atoms with van der Waals surface area (Å²) in [7, 11) is 0. The molecule has 70 valence electrons. The number of carboxylic acid groups (broad SMARTS) is 1. The number of carbonyl (C=O) groups is 1. The number of carboxylic acids is 1. The van der Waals surface area contributed by atoms with Gasteiger partial charge >= 0.3 is 5.97 Å². The molecule has 3 heteroatoms. The summed E-state index contributed by atoms with van der Waals surface area (Å²) < 4.78 is 0. The highest BCUT2D eigenvalue weighted by Crippen LogP contribution is 2.18. The van der Waals surface area contributed by atoms with Gasteiger partial charge in [-0.3, -0.25) is 0 Å². The molecule has 2 atom stereocenters. The van der Waals surface area contributed by atoms with E-state index in [9.17, 15) is 9.90 Å². The summed E-state index contributed by atoms with van der Waals surface area (Å²) in [5.74, 6) is -1.56. The lowest BCUT2D eigenvalue weighted by Crippen LogP contribution is -2.25. The van der Waals surface area contributed by atoms with Crippen LogP contribution in [0.15, 0.2) is 30.3 Å². The standard InChI is InChI=1S/C10H12O3/c1-7(9(11)10(12)13)8-5-3-2-4-6-8/h2-7,9,11H,1H3,(H,12,13)/t7-,9-/m0/s1. The molecule has 13 heavy (non-hydrogen) atoms. The van der Waals surface area contributed by atoms with Gasteiger partial charge in [0.15, 0.2) is 6.10 Å². The number of benzene rings is 1. The molecule has 0 unspecified atom stereocenters. The predicted octanol–water partition coefficient (Wildman–Crippen LogP) is 1.24. The van der Waals surface area contributed by atoms with Crippen LogP contribution in [0.2, 0.25) is 0 Å². The Balaban J connectivity index is 2.79. The van der Waals surface area contributed by atoms with E-state index in [1.54, 1.807) is 19.1 Å². The van der Waals surface area contributed by atoms with Crippen molar-refractivity contribution in [3.63, 3.8) is 0 Å². The van der Waals surface area contributed by atoms with Gasteiger partial charge in [0.05, 0.1) is 0 Å². The van der Waals surface area contributed by atoms with E-state index >= 15 is 0 Å². The van der Waals surface area contributed by atoms with Crippen molar-refractivity contribution in [2.75, 3.05) is 0 Å². The van der Waals surface area contributed by atoms with Crippen molar-refractivity contribution in [3.05, 3.63) is 35.9 Å². The van der Waals surface area contributed by atoms with Crippen molar-refractivity contribution in [2.45, 2.75) is 18.9 Å². The van der Waals surface area contributed by atoms with Gasteiger partial charge in [-0.1, -0.05) is 37.3 Å². The van der Waals surface area contributed by atoms with Crippen LogP contribution < -0.4 is 0 Å². The molecule has 1 aromatic rings. The lowest BCUT2D eigenvalue weighted by Gasteiger charge is -2.14. The molecular weight excluding hydrogens is 168 g/mol. The Morgan fingerprint density at radius 2 is 1.85 bits per heavy atom. The van der Waals surface area contributed by atoms with Crippen molar-refractivity contribution in [1.29, 1.82) is 0 Å². The summed E-state index contributed by atoms with van der Waals surface area (Å²) in [6.45, 7) is 1.69. The molecule has 0 saturated carbocycles. The molecule has 0 radical (unpaired) electrons. The number of rotatable bonds is 3. The Kier molecular flexibility index (Phi) is 3.03. The number of aliphatic carboxylic acids is 1. The second kappa shape index (κ2) is 4.05. The van der Waals surface area contributed by atoms with E-state index < -0.39 is 12.1 Å². The van der Waals surface area contributed by atoms with Gasteiger partial charge in [0.2, 0.25) is 0 Å². The monoisotopic (exact) mass is 180 g/mol. The maximum atomic E-state index is 10.5. The van der Waals surface area contributed by atoms with Gasteiger partial charge in [-0.25, -0.2) is 4.79 Å². The maximum absolute atomic E-state index is 10.5. The second-order valence-corrected chi connectivity index (χ2v) is 2.98. The quantitative estimate of drug-likeness (QED) is 0.735. The molecule has 0 aliphatic rings. The van der Waals surface area contributed by atoms with Crippen LogP contribution in [0.5, 0.6) is 0 Å². The Morgan fingerprint density at radius 1 is 1.31 bits per heavy atom. The maximum Gasteiger partial charge on any atom is 0.333 e. The fourth-order valence-electron chi connectivity index (χ4n) is 1.15. The lowest BCUT2D eigenvalue weighted by atomic mass is 9.96. The van der Waals surface area contributed by atoms with E-state index in [0.29, 0.717) is 0 Å². The molecule has 1 aromatic carbocycles. The predicted molar refractivity (Wildman–Crippen MR) is 48.5 cm³/mol. The molecule has 0 aliphatic heterocycles. The minimum Gasteiger partial charge on any atom is -0.479 e. The summed E-state index contributed by atoms with van der Waals surface area (Å²) in [6.07, 6.45) is -1.33. The smallest absolute Gasteiger partial charge is 0.333 e. The molecule has 0 aromatic heterocycles. The van der Waals surface area contributed by atoms with Gasteiger partial charge in [0, 0.05) is 5.92 Å². The van der Waals surface area contributed by atoms with Crippen molar-refractivity contribution in [3.8, 4) is 0 Å². The first-order valence-corrected chi connectivity index (χ1v) is 4.08. The Bertz CT molecular complexity index is 281. The molecule has 0 amide bonds. The van der Waals surface area contributed by atoms with Crippen LogP contribution in [-0.4, -0.2) is 22.3 Å².